The molecule has 0 saturated heterocycles. The Morgan fingerprint density at radius 3 is 2.62 bits per heavy atom. The van der Waals surface area contributed by atoms with Crippen molar-refractivity contribution in [3.8, 4) is 6.07 Å². The van der Waals surface area contributed by atoms with Crippen LogP contribution in [0.25, 0.3) is 0 Å². The fourth-order valence-corrected chi connectivity index (χ4v) is 2.52. The van der Waals surface area contributed by atoms with Crippen LogP contribution in [0.2, 0.25) is 0 Å². The second-order valence-corrected chi connectivity index (χ2v) is 5.45. The van der Waals surface area contributed by atoms with E-state index >= 15 is 0 Å². The van der Waals surface area contributed by atoms with Gasteiger partial charge in [0, 0.05) is 11.4 Å². The molecule has 0 aromatic heterocycles. The van der Waals surface area contributed by atoms with Crippen LogP contribution < -0.4 is 10.2 Å². The van der Waals surface area contributed by atoms with E-state index in [2.05, 4.69) is 5.32 Å². The fraction of sp³-hybridized carbons (Fsp3) is 0.263. The van der Waals surface area contributed by atoms with E-state index in [-0.39, 0.29) is 25.1 Å². The van der Waals surface area contributed by atoms with E-state index in [4.69, 9.17) is 5.26 Å². The van der Waals surface area contributed by atoms with Gasteiger partial charge in [-0.05, 0) is 36.8 Å². The number of nitrogens with zero attached hydrogens (tertiary/aromatic N) is 2. The molecule has 0 aliphatic heterocycles. The summed E-state index contributed by atoms with van der Waals surface area (Å²) in [5.41, 5.74) is 1.97. The van der Waals surface area contributed by atoms with Gasteiger partial charge in [-0.1, -0.05) is 31.2 Å². The summed E-state index contributed by atoms with van der Waals surface area (Å²) < 4.78 is 0. The molecule has 2 rings (SSSR count). The maximum atomic E-state index is 12.4. The number of anilines is 2. The molecule has 24 heavy (non-hydrogen) atoms. The molecule has 5 nitrogen and oxygen atoms in total. The lowest BCUT2D eigenvalue weighted by molar-refractivity contribution is -0.115. The lowest BCUT2D eigenvalue weighted by Gasteiger charge is -2.31. The number of carbonyl (C=O) groups excluding carboxylic acids is 1. The van der Waals surface area contributed by atoms with Crippen LogP contribution >= 0.6 is 0 Å². The molecule has 1 unspecified atom stereocenters. The fourth-order valence-electron chi connectivity index (χ4n) is 2.52. The van der Waals surface area contributed by atoms with Crippen molar-refractivity contribution in [1.29, 1.82) is 5.26 Å². The predicted octanol–water partition coefficient (Wildman–Crippen LogP) is 2.77. The Kier molecular flexibility index (Phi) is 6.35. The largest absolute Gasteiger partial charge is 0.394 e. The lowest BCUT2D eigenvalue weighted by Crippen LogP contribution is -2.42. The Labute approximate surface area is 142 Å². The normalized spacial score (nSPS) is 11.4. The summed E-state index contributed by atoms with van der Waals surface area (Å²) in [4.78, 5) is 14.3. The van der Waals surface area contributed by atoms with Crippen LogP contribution in [0.5, 0.6) is 0 Å². The van der Waals surface area contributed by atoms with Crippen LogP contribution in [-0.4, -0.2) is 30.2 Å². The number of aliphatic hydroxyl groups excluding tert-OH is 1. The third-order valence-corrected chi connectivity index (χ3v) is 3.80. The van der Waals surface area contributed by atoms with Crippen molar-refractivity contribution in [3.05, 3.63) is 60.2 Å². The van der Waals surface area contributed by atoms with Gasteiger partial charge in [-0.2, -0.15) is 5.26 Å². The molecule has 1 atom stereocenters. The molecule has 0 radical (unpaired) electrons. The van der Waals surface area contributed by atoms with Crippen LogP contribution in [0.3, 0.4) is 0 Å². The molecule has 0 bridgehead atoms. The van der Waals surface area contributed by atoms with E-state index in [1.165, 1.54) is 0 Å². The average molecular weight is 323 g/mol. The highest BCUT2D eigenvalue weighted by Gasteiger charge is 2.19. The summed E-state index contributed by atoms with van der Waals surface area (Å²) in [7, 11) is 0. The van der Waals surface area contributed by atoms with Crippen molar-refractivity contribution < 1.29 is 9.90 Å². The van der Waals surface area contributed by atoms with E-state index in [1.54, 1.807) is 24.3 Å². The van der Waals surface area contributed by atoms with E-state index < -0.39 is 0 Å². The number of carbonyl (C=O) groups is 1. The van der Waals surface area contributed by atoms with Crippen molar-refractivity contribution in [3.63, 3.8) is 0 Å². The number of aliphatic hydroxyl groups is 1. The van der Waals surface area contributed by atoms with E-state index in [1.807, 2.05) is 48.2 Å². The van der Waals surface area contributed by atoms with Crippen molar-refractivity contribution >= 4 is 17.3 Å². The van der Waals surface area contributed by atoms with Crippen LogP contribution in [0.4, 0.5) is 11.4 Å². The van der Waals surface area contributed by atoms with Crippen LogP contribution in [-0.2, 0) is 4.79 Å². The van der Waals surface area contributed by atoms with Gasteiger partial charge < -0.3 is 15.3 Å². The molecule has 1 amide bonds. The highest BCUT2D eigenvalue weighted by molar-refractivity contribution is 5.94. The maximum Gasteiger partial charge on any atom is 0.243 e. The first-order valence-electron chi connectivity index (χ1n) is 7.90. The number of hydrogen-bond acceptors (Lipinski definition) is 4. The average Bonchev–Trinajstić information content (AvgIpc) is 2.62. The summed E-state index contributed by atoms with van der Waals surface area (Å²) in [5.74, 6) is -0.194. The smallest absolute Gasteiger partial charge is 0.243 e. The summed E-state index contributed by atoms with van der Waals surface area (Å²) in [6, 6.07) is 18.3. The van der Waals surface area contributed by atoms with Gasteiger partial charge >= 0.3 is 0 Å². The molecular weight excluding hydrogens is 302 g/mol. The first-order valence-corrected chi connectivity index (χ1v) is 7.90. The molecule has 0 fully saturated rings. The first kappa shape index (κ1) is 17.5. The van der Waals surface area contributed by atoms with Gasteiger partial charge in [-0.25, -0.2) is 0 Å². The van der Waals surface area contributed by atoms with Gasteiger partial charge in [0.1, 0.15) is 0 Å². The van der Waals surface area contributed by atoms with Gasteiger partial charge in [-0.15, -0.1) is 0 Å². The van der Waals surface area contributed by atoms with Crippen molar-refractivity contribution in [2.24, 2.45) is 0 Å². The number of para-hydroxylation sites is 1. The second kappa shape index (κ2) is 8.70. The third-order valence-electron chi connectivity index (χ3n) is 3.80. The minimum atomic E-state index is -0.194. The molecular formula is C19H21N3O2. The van der Waals surface area contributed by atoms with Gasteiger partial charge in [0.15, 0.2) is 0 Å². The standard InChI is InChI=1S/C19H21N3O2/c1-2-17(14-23)22(18-9-4-3-5-10-18)13-19(24)21-16-8-6-7-15(11-16)12-20/h3-11,17,23H,2,13-14H2,1H3,(H,21,24). The van der Waals surface area contributed by atoms with Gasteiger partial charge in [0.2, 0.25) is 5.91 Å². The Morgan fingerprint density at radius 1 is 1.25 bits per heavy atom. The number of rotatable bonds is 7. The summed E-state index contributed by atoms with van der Waals surface area (Å²) >= 11 is 0. The molecule has 5 heteroatoms. The quantitative estimate of drug-likeness (QED) is 0.821. The molecule has 0 aliphatic carbocycles. The number of nitriles is 1. The van der Waals surface area contributed by atoms with Crippen LogP contribution in [0.15, 0.2) is 54.6 Å². The van der Waals surface area contributed by atoms with Crippen molar-refractivity contribution in [2.45, 2.75) is 19.4 Å². The van der Waals surface area contributed by atoms with Crippen LogP contribution in [0.1, 0.15) is 18.9 Å². The molecule has 2 aromatic rings. The minimum Gasteiger partial charge on any atom is -0.394 e. The van der Waals surface area contributed by atoms with E-state index in [0.717, 1.165) is 12.1 Å². The first-order chi connectivity index (χ1) is 11.7. The number of nitrogens with one attached hydrogen (secondary N) is 1. The molecule has 2 aromatic carbocycles. The number of hydrogen-bond donors (Lipinski definition) is 2. The monoisotopic (exact) mass is 323 g/mol. The molecule has 0 spiro atoms. The van der Waals surface area contributed by atoms with Crippen molar-refractivity contribution in [2.75, 3.05) is 23.4 Å². The van der Waals surface area contributed by atoms with Crippen molar-refractivity contribution in [1.82, 2.24) is 0 Å². The number of benzene rings is 2. The Balaban J connectivity index is 2.13. The van der Waals surface area contributed by atoms with Gasteiger partial charge in [0.25, 0.3) is 0 Å². The van der Waals surface area contributed by atoms with Gasteiger partial charge in [-0.3, -0.25) is 4.79 Å². The molecule has 0 heterocycles. The molecule has 2 N–H and O–H groups in total. The zero-order valence-electron chi connectivity index (χ0n) is 13.6. The second-order valence-electron chi connectivity index (χ2n) is 5.45. The van der Waals surface area contributed by atoms with Gasteiger partial charge in [0.05, 0.1) is 30.8 Å². The van der Waals surface area contributed by atoms with E-state index in [9.17, 15) is 9.90 Å². The zero-order chi connectivity index (χ0) is 17.4. The van der Waals surface area contributed by atoms with E-state index in [0.29, 0.717) is 11.3 Å². The predicted molar refractivity (Wildman–Crippen MR) is 94.7 cm³/mol. The Morgan fingerprint density at radius 2 is 2.00 bits per heavy atom. The highest BCUT2D eigenvalue weighted by atomic mass is 16.3. The van der Waals surface area contributed by atoms with Crippen LogP contribution in [0, 0.1) is 11.3 Å². The molecule has 0 saturated carbocycles. The third kappa shape index (κ3) is 4.58. The summed E-state index contributed by atoms with van der Waals surface area (Å²) in [6.45, 7) is 2.08. The topological polar surface area (TPSA) is 76.4 Å². The summed E-state index contributed by atoms with van der Waals surface area (Å²) in [5, 5.41) is 21.4. The maximum absolute atomic E-state index is 12.4. The molecule has 0 aliphatic rings. The highest BCUT2D eigenvalue weighted by Crippen LogP contribution is 2.18. The zero-order valence-corrected chi connectivity index (χ0v) is 13.6. The Bertz CT molecular complexity index is 706. The minimum absolute atomic E-state index is 0.0252. The SMILES string of the molecule is CCC(CO)N(CC(=O)Nc1cccc(C#N)c1)c1ccccc1. The summed E-state index contributed by atoms with van der Waals surface area (Å²) in [6.07, 6.45) is 0.725. The molecule has 124 valence electrons. The Hall–Kier alpha value is -2.84. The number of amides is 1. The lowest BCUT2D eigenvalue weighted by atomic mass is 10.1.